The molecule has 0 atom stereocenters. The van der Waals surface area contributed by atoms with Crippen molar-refractivity contribution < 1.29 is 9.13 Å². The van der Waals surface area contributed by atoms with Crippen molar-refractivity contribution in [3.05, 3.63) is 58.9 Å². The van der Waals surface area contributed by atoms with Crippen molar-refractivity contribution >= 4 is 11.0 Å². The van der Waals surface area contributed by atoms with Gasteiger partial charge in [0.2, 0.25) is 0 Å². The van der Waals surface area contributed by atoms with E-state index in [1.807, 2.05) is 25.1 Å². The lowest BCUT2D eigenvalue weighted by atomic mass is 10.0. The number of aromatic amines is 1. The molecule has 0 unspecified atom stereocenters. The number of rotatable bonds is 6. The van der Waals surface area contributed by atoms with Crippen LogP contribution in [0.5, 0.6) is 5.75 Å². The van der Waals surface area contributed by atoms with Crippen molar-refractivity contribution in [2.75, 3.05) is 26.7 Å². The first-order valence-electron chi connectivity index (χ1n) is 10.3. The van der Waals surface area contributed by atoms with Crippen LogP contribution in [0.4, 0.5) is 4.39 Å². The van der Waals surface area contributed by atoms with Crippen LogP contribution in [0.15, 0.2) is 42.0 Å². The van der Waals surface area contributed by atoms with Gasteiger partial charge in [-0.1, -0.05) is 11.6 Å². The minimum Gasteiger partial charge on any atom is -0.494 e. The molecule has 29 heavy (non-hydrogen) atoms. The van der Waals surface area contributed by atoms with Gasteiger partial charge in [0.15, 0.2) is 0 Å². The van der Waals surface area contributed by atoms with E-state index in [1.54, 1.807) is 18.6 Å². The SMILES string of the molecule is Cc1cc(OCCCC2=CCN(C)CC2)ccc1-c1nc2c(C)c(F)ccc2[nH]1. The van der Waals surface area contributed by atoms with Gasteiger partial charge in [-0.3, -0.25) is 0 Å². The number of nitrogens with one attached hydrogen (secondary N) is 1. The van der Waals surface area contributed by atoms with Crippen molar-refractivity contribution in [2.24, 2.45) is 0 Å². The molecule has 2 aromatic carbocycles. The van der Waals surface area contributed by atoms with Gasteiger partial charge in [-0.15, -0.1) is 0 Å². The van der Waals surface area contributed by atoms with E-state index in [-0.39, 0.29) is 5.82 Å². The first-order chi connectivity index (χ1) is 14.0. The maximum absolute atomic E-state index is 13.8. The van der Waals surface area contributed by atoms with Crippen LogP contribution in [0, 0.1) is 19.7 Å². The Balaban J connectivity index is 1.40. The van der Waals surface area contributed by atoms with E-state index in [1.165, 1.54) is 12.5 Å². The number of halogens is 1. The van der Waals surface area contributed by atoms with E-state index >= 15 is 0 Å². The van der Waals surface area contributed by atoms with Gasteiger partial charge in [-0.2, -0.15) is 0 Å². The summed E-state index contributed by atoms with van der Waals surface area (Å²) >= 11 is 0. The van der Waals surface area contributed by atoms with Crippen LogP contribution >= 0.6 is 0 Å². The Labute approximate surface area is 171 Å². The number of fused-ring (bicyclic) bond motifs is 1. The Kier molecular flexibility index (Phi) is 5.67. The molecule has 4 rings (SSSR count). The highest BCUT2D eigenvalue weighted by Crippen LogP contribution is 2.28. The molecule has 0 saturated carbocycles. The van der Waals surface area contributed by atoms with Crippen LogP contribution in [-0.4, -0.2) is 41.6 Å². The average Bonchev–Trinajstić information content (AvgIpc) is 3.14. The normalized spacial score (nSPS) is 15.0. The number of imidazole rings is 1. The highest BCUT2D eigenvalue weighted by Gasteiger charge is 2.12. The van der Waals surface area contributed by atoms with Crippen LogP contribution < -0.4 is 4.74 Å². The summed E-state index contributed by atoms with van der Waals surface area (Å²) in [5, 5.41) is 0. The van der Waals surface area contributed by atoms with E-state index in [0.717, 1.165) is 60.8 Å². The van der Waals surface area contributed by atoms with Crippen molar-refractivity contribution in [3.8, 4) is 17.1 Å². The number of hydrogen-bond acceptors (Lipinski definition) is 3. The van der Waals surface area contributed by atoms with Crippen LogP contribution in [-0.2, 0) is 0 Å². The molecule has 3 aromatic rings. The lowest BCUT2D eigenvalue weighted by Gasteiger charge is -2.21. The number of ether oxygens (including phenoxy) is 1. The summed E-state index contributed by atoms with van der Waals surface area (Å²) in [4.78, 5) is 10.3. The molecule has 0 fully saturated rings. The van der Waals surface area contributed by atoms with Crippen LogP contribution in [0.25, 0.3) is 22.4 Å². The highest BCUT2D eigenvalue weighted by molar-refractivity contribution is 5.83. The van der Waals surface area contributed by atoms with Crippen molar-refractivity contribution in [3.63, 3.8) is 0 Å². The summed E-state index contributed by atoms with van der Waals surface area (Å²) in [6, 6.07) is 9.27. The summed E-state index contributed by atoms with van der Waals surface area (Å²) in [6.07, 6.45) is 5.67. The van der Waals surface area contributed by atoms with E-state index in [9.17, 15) is 4.39 Å². The monoisotopic (exact) mass is 393 g/mol. The largest absolute Gasteiger partial charge is 0.494 e. The lowest BCUT2D eigenvalue weighted by molar-refractivity contribution is 0.306. The molecule has 0 saturated heterocycles. The fourth-order valence-electron chi connectivity index (χ4n) is 3.84. The smallest absolute Gasteiger partial charge is 0.138 e. The van der Waals surface area contributed by atoms with Gasteiger partial charge in [0, 0.05) is 24.2 Å². The van der Waals surface area contributed by atoms with Crippen LogP contribution in [0.3, 0.4) is 0 Å². The first kappa shape index (κ1) is 19.6. The third kappa shape index (κ3) is 4.35. The molecular weight excluding hydrogens is 365 g/mol. The molecule has 2 heterocycles. The molecule has 1 aliphatic heterocycles. The molecule has 0 radical (unpaired) electrons. The van der Waals surface area contributed by atoms with Crippen LogP contribution in [0.1, 0.15) is 30.4 Å². The number of likely N-dealkylation sites (N-methyl/N-ethyl adjacent to an activating group) is 1. The van der Waals surface area contributed by atoms with E-state index < -0.39 is 0 Å². The predicted octanol–water partition coefficient (Wildman–Crippen LogP) is 5.41. The maximum atomic E-state index is 13.8. The standard InChI is InChI=1S/C24H28FN3O/c1-16-15-19(29-14-4-5-18-10-12-28(3)13-11-18)6-7-20(16)24-26-22-9-8-21(25)17(2)23(22)27-24/h6-10,15H,4-5,11-14H2,1-3H3,(H,26,27). The van der Waals surface area contributed by atoms with Gasteiger partial charge >= 0.3 is 0 Å². The molecule has 4 nitrogen and oxygen atoms in total. The number of nitrogens with zero attached hydrogens (tertiary/aromatic N) is 2. The van der Waals surface area contributed by atoms with E-state index in [2.05, 4.69) is 28.0 Å². The van der Waals surface area contributed by atoms with Gasteiger partial charge < -0.3 is 14.6 Å². The minimum absolute atomic E-state index is 0.230. The highest BCUT2D eigenvalue weighted by atomic mass is 19.1. The molecule has 1 N–H and O–H groups in total. The number of aromatic nitrogens is 2. The minimum atomic E-state index is -0.230. The molecule has 0 bridgehead atoms. The quantitative estimate of drug-likeness (QED) is 0.450. The van der Waals surface area contributed by atoms with Gasteiger partial charge in [-0.05, 0) is 76.1 Å². The van der Waals surface area contributed by atoms with E-state index in [0.29, 0.717) is 11.1 Å². The van der Waals surface area contributed by atoms with E-state index in [4.69, 9.17) is 4.74 Å². The Morgan fingerprint density at radius 1 is 1.21 bits per heavy atom. The van der Waals surface area contributed by atoms with Crippen molar-refractivity contribution in [1.29, 1.82) is 0 Å². The topological polar surface area (TPSA) is 41.1 Å². The first-order valence-corrected chi connectivity index (χ1v) is 10.3. The van der Waals surface area contributed by atoms with Crippen molar-refractivity contribution in [2.45, 2.75) is 33.1 Å². The van der Waals surface area contributed by atoms with Gasteiger partial charge in [0.25, 0.3) is 0 Å². The van der Waals surface area contributed by atoms with Crippen LogP contribution in [0.2, 0.25) is 0 Å². The fourth-order valence-corrected chi connectivity index (χ4v) is 3.84. The second-order valence-electron chi connectivity index (χ2n) is 7.96. The molecule has 0 spiro atoms. The number of benzene rings is 2. The predicted molar refractivity (Wildman–Crippen MR) is 116 cm³/mol. The zero-order chi connectivity index (χ0) is 20.4. The summed E-state index contributed by atoms with van der Waals surface area (Å²) < 4.78 is 19.8. The molecular formula is C24H28FN3O. The second kappa shape index (κ2) is 8.37. The molecule has 0 amide bonds. The summed E-state index contributed by atoms with van der Waals surface area (Å²) in [7, 11) is 2.16. The maximum Gasteiger partial charge on any atom is 0.138 e. The fraction of sp³-hybridized carbons (Fsp3) is 0.375. The number of aryl methyl sites for hydroxylation is 2. The summed E-state index contributed by atoms with van der Waals surface area (Å²) in [5.41, 5.74) is 5.74. The molecule has 5 heteroatoms. The Bertz CT molecular complexity index is 1050. The zero-order valence-electron chi connectivity index (χ0n) is 17.4. The lowest BCUT2D eigenvalue weighted by Crippen LogP contribution is -2.24. The van der Waals surface area contributed by atoms with Crippen molar-refractivity contribution in [1.82, 2.24) is 14.9 Å². The Morgan fingerprint density at radius 2 is 2.07 bits per heavy atom. The average molecular weight is 394 g/mol. The number of H-pyrrole nitrogens is 1. The zero-order valence-corrected chi connectivity index (χ0v) is 17.4. The Hall–Kier alpha value is -2.66. The van der Waals surface area contributed by atoms with Gasteiger partial charge in [-0.25, -0.2) is 9.37 Å². The molecule has 0 aliphatic carbocycles. The van der Waals surface area contributed by atoms with Gasteiger partial charge in [0.1, 0.15) is 17.4 Å². The van der Waals surface area contributed by atoms with Gasteiger partial charge in [0.05, 0.1) is 17.6 Å². The third-order valence-corrected chi connectivity index (χ3v) is 5.71. The third-order valence-electron chi connectivity index (χ3n) is 5.71. The summed E-state index contributed by atoms with van der Waals surface area (Å²) in [5.74, 6) is 1.40. The summed E-state index contributed by atoms with van der Waals surface area (Å²) in [6.45, 7) is 6.74. The molecule has 1 aliphatic rings. The Morgan fingerprint density at radius 3 is 2.83 bits per heavy atom. The molecule has 1 aromatic heterocycles. The second-order valence-corrected chi connectivity index (χ2v) is 7.96. The number of hydrogen-bond donors (Lipinski definition) is 1. The molecule has 152 valence electrons.